The third kappa shape index (κ3) is 28.4. The lowest BCUT2D eigenvalue weighted by Crippen LogP contribution is -2.17. The average molecular weight is 1710 g/mol. The number of hydrogen-bond acceptors (Lipinski definition) is 0. The van der Waals surface area contributed by atoms with E-state index >= 15 is 0 Å². The third-order valence-electron chi connectivity index (χ3n) is 20.1. The number of benzene rings is 16. The highest BCUT2D eigenvalue weighted by molar-refractivity contribution is 7.76. The Balaban J connectivity index is 0.000000153. The smallest absolute Gasteiger partial charge is 0.0195 e. The van der Waals surface area contributed by atoms with E-state index < -0.39 is 0 Å². The lowest BCUT2D eigenvalue weighted by Gasteiger charge is -2.22. The molecule has 0 unspecified atom stereocenters. The highest BCUT2D eigenvalue weighted by Crippen LogP contribution is 2.44. The maximum Gasteiger partial charge on any atom is -0.0195 e. The first-order valence-electron chi connectivity index (χ1n) is 40.7. The molecule has 0 saturated carbocycles. The van der Waals surface area contributed by atoms with Crippen LogP contribution in [0.5, 0.6) is 0 Å². The molecule has 10 heteroatoms. The Morgan fingerprint density at radius 1 is 0.0932 bits per heavy atom. The average Bonchev–Trinajstić information content (AvgIpc) is 0.850. The lowest BCUT2D eigenvalue weighted by atomic mass is 10.4. The summed E-state index contributed by atoms with van der Waals surface area (Å²) in [5.74, 6) is 0. The van der Waals surface area contributed by atoms with Crippen molar-refractivity contribution in [1.29, 1.82) is 0 Å². The van der Waals surface area contributed by atoms with Gasteiger partial charge in [0.15, 0.2) is 0 Å². The van der Waals surface area contributed by atoms with Crippen molar-refractivity contribution in [3.63, 3.8) is 0 Å². The summed E-state index contributed by atoms with van der Waals surface area (Å²) in [4.78, 5) is 0. The summed E-state index contributed by atoms with van der Waals surface area (Å²) in [7, 11) is -2.47. The van der Waals surface area contributed by atoms with Crippen LogP contribution in [0.4, 0.5) is 0 Å². The zero-order chi connectivity index (χ0) is 78.9. The molecular formula is C108H104P8S2-4. The molecule has 0 amide bonds. The predicted molar refractivity (Wildman–Crippen MR) is 545 cm³/mol. The van der Waals surface area contributed by atoms with E-state index in [1.165, 1.54) is 160 Å². The summed E-state index contributed by atoms with van der Waals surface area (Å²) in [5, 5.41) is 23.7. The van der Waals surface area contributed by atoms with Crippen LogP contribution in [0.25, 0.3) is 0 Å². The van der Waals surface area contributed by atoms with Crippen molar-refractivity contribution in [2.75, 3.05) is 49.3 Å². The Morgan fingerprint density at radius 3 is 0.212 bits per heavy atom. The van der Waals surface area contributed by atoms with Gasteiger partial charge in [0, 0.05) is 0 Å². The van der Waals surface area contributed by atoms with Crippen LogP contribution >= 0.6 is 63.4 Å². The maximum absolute atomic E-state index is 2.30. The van der Waals surface area contributed by atoms with Crippen LogP contribution in [-0.4, -0.2) is 49.3 Å². The van der Waals surface area contributed by atoms with Gasteiger partial charge in [0.25, 0.3) is 0 Å². The van der Waals surface area contributed by atoms with Gasteiger partial charge in [-0.05, 0) is 223 Å². The van der Waals surface area contributed by atoms with Gasteiger partial charge in [0.2, 0.25) is 0 Å². The molecule has 16 rings (SSSR count). The number of rotatable bonds is 32. The van der Waals surface area contributed by atoms with Gasteiger partial charge >= 0.3 is 0 Å². The highest BCUT2D eigenvalue weighted by atomic mass is 32.1. The van der Waals surface area contributed by atoms with E-state index in [0.29, 0.717) is 0 Å². The first-order valence-corrected chi connectivity index (χ1v) is 52.9. The van der Waals surface area contributed by atoms with Crippen molar-refractivity contribution in [2.24, 2.45) is 0 Å². The van der Waals surface area contributed by atoms with Crippen molar-refractivity contribution >= 4 is 175 Å². The van der Waals surface area contributed by atoms with Crippen molar-refractivity contribution < 1.29 is 0 Å². The van der Waals surface area contributed by atoms with Crippen LogP contribution in [0.2, 0.25) is 0 Å². The molecule has 0 fully saturated rings. The van der Waals surface area contributed by atoms with E-state index in [2.05, 4.69) is 485 Å². The molecule has 0 atom stereocenters. The minimum atomic E-state index is -0.309. The Morgan fingerprint density at radius 2 is 0.153 bits per heavy atom. The molecular weight excluding hydrogens is 1610 g/mol. The SMILES string of the molecule is [S-2].[S-2].c1ccc(P(CCCP(c2ccccc2)c2ccccc2)c2ccccc2)cc1.c1ccc(P(CCCP(c2ccccc2)c2ccccc2)c2ccccc2)cc1.c1ccc(P(CCCP(c2ccccc2)c2ccccc2)c2ccccc2)cc1.c1ccc(P(CCCP(c2ccccc2)c2ccccc2)c2ccccc2)cc1. The van der Waals surface area contributed by atoms with Crippen molar-refractivity contribution in [1.82, 2.24) is 0 Å². The van der Waals surface area contributed by atoms with Gasteiger partial charge in [0.05, 0.1) is 0 Å². The van der Waals surface area contributed by atoms with Gasteiger partial charge in [-0.3, -0.25) is 0 Å². The second kappa shape index (κ2) is 52.0. The van der Waals surface area contributed by atoms with E-state index in [-0.39, 0.29) is 90.4 Å². The Bertz CT molecular complexity index is 3920. The molecule has 0 nitrogen and oxygen atoms in total. The molecule has 0 saturated heterocycles. The van der Waals surface area contributed by atoms with E-state index in [9.17, 15) is 0 Å². The molecule has 0 aliphatic heterocycles. The summed E-state index contributed by atoms with van der Waals surface area (Å²) < 4.78 is 0. The Hall–Kier alpha value is -8.34. The van der Waals surface area contributed by atoms with E-state index in [0.717, 1.165) is 0 Å². The largest absolute Gasteiger partial charge is 2.00 e. The minimum absolute atomic E-state index is 0. The first-order chi connectivity index (χ1) is 57.7. The maximum atomic E-state index is 2.30. The predicted octanol–water partition coefficient (Wildman–Crippen LogP) is 22.6. The topological polar surface area (TPSA) is 0 Å². The molecule has 592 valence electrons. The molecule has 0 bridgehead atoms. The molecule has 0 spiro atoms. The Kier molecular flexibility index (Phi) is 39.8. The van der Waals surface area contributed by atoms with Crippen molar-refractivity contribution in [2.45, 2.75) is 25.7 Å². The fourth-order valence-electron chi connectivity index (χ4n) is 14.5. The van der Waals surface area contributed by atoms with E-state index in [1.807, 2.05) is 0 Å². The van der Waals surface area contributed by atoms with Gasteiger partial charge < -0.3 is 27.0 Å². The molecule has 16 aromatic carbocycles. The molecule has 0 aliphatic carbocycles. The first kappa shape index (κ1) is 90.4. The zero-order valence-electron chi connectivity index (χ0n) is 67.1. The van der Waals surface area contributed by atoms with Gasteiger partial charge in [0.1, 0.15) is 0 Å². The molecule has 0 aromatic heterocycles. The highest BCUT2D eigenvalue weighted by Gasteiger charge is 2.23. The quantitative estimate of drug-likeness (QED) is 0.0369. The molecule has 0 radical (unpaired) electrons. The third-order valence-corrected chi connectivity index (χ3v) is 41.0. The van der Waals surface area contributed by atoms with Gasteiger partial charge in [-0.2, -0.15) is 0 Å². The summed E-state index contributed by atoms with van der Waals surface area (Å²) in [6.45, 7) is 0. The van der Waals surface area contributed by atoms with E-state index in [4.69, 9.17) is 0 Å². The molecule has 0 N–H and O–H groups in total. The monoisotopic (exact) mass is 1710 g/mol. The van der Waals surface area contributed by atoms with Crippen molar-refractivity contribution in [3.05, 3.63) is 485 Å². The van der Waals surface area contributed by atoms with Gasteiger partial charge in [-0.25, -0.2) is 0 Å². The van der Waals surface area contributed by atoms with Gasteiger partial charge in [-0.15, -0.1) is 0 Å². The summed E-state index contributed by atoms with van der Waals surface area (Å²) in [5.41, 5.74) is 0. The lowest BCUT2D eigenvalue weighted by molar-refractivity contribution is 1.11. The second-order valence-electron chi connectivity index (χ2n) is 28.0. The number of hydrogen-bond donors (Lipinski definition) is 0. The Labute approximate surface area is 729 Å². The standard InChI is InChI=1S/4C27H26P2.2S/c4*1-5-14-24(15-6-1)28(25-16-7-2-8-17-25)22-13-23-29(26-18-9-3-10-19-26)27-20-11-4-12-21-27;;/h4*1-12,14-21H,13,22-23H2;;/q;;;;2*-2. The van der Waals surface area contributed by atoms with Crippen LogP contribution in [0.1, 0.15) is 25.7 Å². The minimum Gasteiger partial charge on any atom is -2.00 e. The van der Waals surface area contributed by atoms with Crippen LogP contribution in [0.3, 0.4) is 0 Å². The molecule has 118 heavy (non-hydrogen) atoms. The van der Waals surface area contributed by atoms with Crippen molar-refractivity contribution in [3.8, 4) is 0 Å². The molecule has 16 aromatic rings. The van der Waals surface area contributed by atoms with Crippen LogP contribution < -0.4 is 84.9 Å². The van der Waals surface area contributed by atoms with E-state index in [1.54, 1.807) is 0 Å². The molecule has 0 aliphatic rings. The molecule has 0 heterocycles. The second-order valence-corrected chi connectivity index (χ2v) is 46.7. The summed E-state index contributed by atoms with van der Waals surface area (Å²) in [6, 6.07) is 177. The normalized spacial score (nSPS) is 10.9. The summed E-state index contributed by atoms with van der Waals surface area (Å²) >= 11 is 0. The summed E-state index contributed by atoms with van der Waals surface area (Å²) in [6.07, 6.45) is 14.9. The fourth-order valence-corrected chi connectivity index (χ4v) is 34.4. The van der Waals surface area contributed by atoms with Crippen LogP contribution in [0.15, 0.2) is 485 Å². The van der Waals surface area contributed by atoms with Gasteiger partial charge in [-0.1, -0.05) is 485 Å². The fraction of sp³-hybridized carbons (Fsp3) is 0.111. The van der Waals surface area contributed by atoms with Crippen LogP contribution in [-0.2, 0) is 27.0 Å². The van der Waals surface area contributed by atoms with Crippen LogP contribution in [0, 0.1) is 0 Å². The zero-order valence-corrected chi connectivity index (χ0v) is 75.9.